The number of hydrogen-bond acceptors (Lipinski definition) is 3. The van der Waals surface area contributed by atoms with Crippen molar-refractivity contribution in [2.75, 3.05) is 20.2 Å². The standard InChI is InChI=1S/C14H24N2O/c1-11(15)9-16-10-14(2,3)12-5-7-13(17-4)8-6-12/h5-8,11,16H,9-10,15H2,1-4H3. The van der Waals surface area contributed by atoms with Crippen LogP contribution in [0, 0.1) is 0 Å². The molecule has 3 N–H and O–H groups in total. The van der Waals surface area contributed by atoms with Gasteiger partial charge in [-0.3, -0.25) is 0 Å². The van der Waals surface area contributed by atoms with Crippen molar-refractivity contribution in [2.24, 2.45) is 5.73 Å². The Morgan fingerprint density at radius 2 is 1.88 bits per heavy atom. The zero-order valence-electron chi connectivity index (χ0n) is 11.3. The van der Waals surface area contributed by atoms with Crippen LogP contribution < -0.4 is 15.8 Å². The number of methoxy groups -OCH3 is 1. The van der Waals surface area contributed by atoms with Gasteiger partial charge in [0.15, 0.2) is 0 Å². The smallest absolute Gasteiger partial charge is 0.118 e. The van der Waals surface area contributed by atoms with E-state index in [0.717, 1.165) is 18.8 Å². The van der Waals surface area contributed by atoms with E-state index in [9.17, 15) is 0 Å². The Morgan fingerprint density at radius 3 is 2.35 bits per heavy atom. The van der Waals surface area contributed by atoms with Crippen molar-refractivity contribution >= 4 is 0 Å². The minimum Gasteiger partial charge on any atom is -0.497 e. The van der Waals surface area contributed by atoms with E-state index in [0.29, 0.717) is 0 Å². The summed E-state index contributed by atoms with van der Waals surface area (Å²) in [6.07, 6.45) is 0. The number of benzene rings is 1. The van der Waals surface area contributed by atoms with Gasteiger partial charge in [-0.05, 0) is 24.6 Å². The van der Waals surface area contributed by atoms with Crippen molar-refractivity contribution in [1.29, 1.82) is 0 Å². The first-order chi connectivity index (χ1) is 7.95. The lowest BCUT2D eigenvalue weighted by Crippen LogP contribution is -2.38. The number of nitrogens with one attached hydrogen (secondary N) is 1. The maximum absolute atomic E-state index is 5.72. The highest BCUT2D eigenvalue weighted by atomic mass is 16.5. The molecule has 1 rings (SSSR count). The van der Waals surface area contributed by atoms with Crippen LogP contribution in [-0.4, -0.2) is 26.2 Å². The van der Waals surface area contributed by atoms with Crippen molar-refractivity contribution in [3.8, 4) is 5.75 Å². The summed E-state index contributed by atoms with van der Waals surface area (Å²) >= 11 is 0. The summed E-state index contributed by atoms with van der Waals surface area (Å²) in [6.45, 7) is 8.22. The molecular formula is C14H24N2O. The van der Waals surface area contributed by atoms with E-state index in [4.69, 9.17) is 10.5 Å². The van der Waals surface area contributed by atoms with Crippen molar-refractivity contribution < 1.29 is 4.74 Å². The molecule has 3 nitrogen and oxygen atoms in total. The van der Waals surface area contributed by atoms with E-state index in [2.05, 4.69) is 31.3 Å². The molecule has 1 aromatic carbocycles. The van der Waals surface area contributed by atoms with Gasteiger partial charge in [-0.2, -0.15) is 0 Å². The molecule has 96 valence electrons. The number of hydrogen-bond donors (Lipinski definition) is 2. The summed E-state index contributed by atoms with van der Waals surface area (Å²) in [6, 6.07) is 8.44. The average Bonchev–Trinajstić information content (AvgIpc) is 2.28. The molecule has 1 atom stereocenters. The summed E-state index contributed by atoms with van der Waals surface area (Å²) in [7, 11) is 1.68. The molecule has 0 aliphatic heterocycles. The number of rotatable bonds is 6. The third-order valence-electron chi connectivity index (χ3n) is 2.90. The predicted octanol–water partition coefficient (Wildman–Crippen LogP) is 1.91. The van der Waals surface area contributed by atoms with E-state index >= 15 is 0 Å². The van der Waals surface area contributed by atoms with Crippen molar-refractivity contribution in [3.05, 3.63) is 29.8 Å². The zero-order chi connectivity index (χ0) is 12.9. The highest BCUT2D eigenvalue weighted by Crippen LogP contribution is 2.24. The Morgan fingerprint density at radius 1 is 1.29 bits per heavy atom. The van der Waals surface area contributed by atoms with E-state index in [1.807, 2.05) is 19.1 Å². The lowest BCUT2D eigenvalue weighted by molar-refractivity contribution is 0.413. The molecule has 0 aromatic heterocycles. The van der Waals surface area contributed by atoms with Gasteiger partial charge in [-0.25, -0.2) is 0 Å². The summed E-state index contributed by atoms with van der Waals surface area (Å²) < 4.78 is 5.16. The van der Waals surface area contributed by atoms with Gasteiger partial charge in [0.2, 0.25) is 0 Å². The van der Waals surface area contributed by atoms with Gasteiger partial charge in [0.25, 0.3) is 0 Å². The first kappa shape index (κ1) is 14.0. The minimum atomic E-state index is 0.0984. The van der Waals surface area contributed by atoms with Crippen LogP contribution in [-0.2, 0) is 5.41 Å². The molecule has 0 saturated carbocycles. The molecule has 0 radical (unpaired) electrons. The molecule has 0 spiro atoms. The zero-order valence-corrected chi connectivity index (χ0v) is 11.3. The van der Waals surface area contributed by atoms with Crippen LogP contribution >= 0.6 is 0 Å². The second kappa shape index (κ2) is 6.03. The topological polar surface area (TPSA) is 47.3 Å². The Labute approximate surface area is 104 Å². The van der Waals surface area contributed by atoms with Gasteiger partial charge in [-0.15, -0.1) is 0 Å². The molecule has 0 aliphatic rings. The fourth-order valence-corrected chi connectivity index (χ4v) is 1.76. The number of ether oxygens (including phenoxy) is 1. The molecule has 0 amide bonds. The molecular weight excluding hydrogens is 212 g/mol. The van der Waals surface area contributed by atoms with Gasteiger partial charge >= 0.3 is 0 Å². The second-order valence-electron chi connectivity index (χ2n) is 5.22. The maximum Gasteiger partial charge on any atom is 0.118 e. The maximum atomic E-state index is 5.72. The quantitative estimate of drug-likeness (QED) is 0.793. The average molecular weight is 236 g/mol. The molecule has 0 fully saturated rings. The largest absolute Gasteiger partial charge is 0.497 e. The molecule has 0 saturated heterocycles. The van der Waals surface area contributed by atoms with Gasteiger partial charge in [0, 0.05) is 24.5 Å². The van der Waals surface area contributed by atoms with Crippen LogP contribution in [0.4, 0.5) is 0 Å². The van der Waals surface area contributed by atoms with Crippen LogP contribution in [0.15, 0.2) is 24.3 Å². The van der Waals surface area contributed by atoms with Gasteiger partial charge in [0.05, 0.1) is 7.11 Å². The fraction of sp³-hybridized carbons (Fsp3) is 0.571. The molecule has 0 heterocycles. The van der Waals surface area contributed by atoms with E-state index in [1.165, 1.54) is 5.56 Å². The third kappa shape index (κ3) is 4.36. The predicted molar refractivity (Wildman–Crippen MR) is 72.5 cm³/mol. The SMILES string of the molecule is COc1ccc(C(C)(C)CNCC(C)N)cc1. The van der Waals surface area contributed by atoms with Gasteiger partial charge < -0.3 is 15.8 Å². The minimum absolute atomic E-state index is 0.0984. The first-order valence-electron chi connectivity index (χ1n) is 6.06. The van der Waals surface area contributed by atoms with E-state index in [-0.39, 0.29) is 11.5 Å². The lowest BCUT2D eigenvalue weighted by atomic mass is 9.84. The Bertz CT molecular complexity index is 331. The van der Waals surface area contributed by atoms with Crippen molar-refractivity contribution in [2.45, 2.75) is 32.2 Å². The summed E-state index contributed by atoms with van der Waals surface area (Å²) in [5.41, 5.74) is 7.12. The lowest BCUT2D eigenvalue weighted by Gasteiger charge is -2.26. The van der Waals surface area contributed by atoms with Gasteiger partial charge in [0.1, 0.15) is 5.75 Å². The Balaban J connectivity index is 2.61. The van der Waals surface area contributed by atoms with Gasteiger partial charge in [-0.1, -0.05) is 26.0 Å². The highest BCUT2D eigenvalue weighted by Gasteiger charge is 2.20. The normalized spacial score (nSPS) is 13.5. The Hall–Kier alpha value is -1.06. The second-order valence-corrected chi connectivity index (χ2v) is 5.22. The van der Waals surface area contributed by atoms with Crippen LogP contribution in [0.1, 0.15) is 26.3 Å². The summed E-state index contributed by atoms with van der Waals surface area (Å²) in [4.78, 5) is 0. The van der Waals surface area contributed by atoms with Crippen molar-refractivity contribution in [3.63, 3.8) is 0 Å². The van der Waals surface area contributed by atoms with Crippen LogP contribution in [0.5, 0.6) is 5.75 Å². The molecule has 1 aromatic rings. The first-order valence-corrected chi connectivity index (χ1v) is 6.06. The molecule has 0 bridgehead atoms. The summed E-state index contributed by atoms with van der Waals surface area (Å²) in [5.74, 6) is 0.896. The van der Waals surface area contributed by atoms with Crippen LogP contribution in [0.2, 0.25) is 0 Å². The molecule has 1 unspecified atom stereocenters. The number of nitrogens with two attached hydrogens (primary N) is 1. The molecule has 17 heavy (non-hydrogen) atoms. The van der Waals surface area contributed by atoms with E-state index in [1.54, 1.807) is 7.11 Å². The van der Waals surface area contributed by atoms with E-state index < -0.39 is 0 Å². The van der Waals surface area contributed by atoms with Crippen molar-refractivity contribution in [1.82, 2.24) is 5.32 Å². The molecule has 3 heteroatoms. The fourth-order valence-electron chi connectivity index (χ4n) is 1.76. The highest BCUT2D eigenvalue weighted by molar-refractivity contribution is 5.31. The summed E-state index contributed by atoms with van der Waals surface area (Å²) in [5, 5.41) is 3.40. The third-order valence-corrected chi connectivity index (χ3v) is 2.90. The molecule has 0 aliphatic carbocycles. The Kier molecular flexibility index (Phi) is 4.97. The van der Waals surface area contributed by atoms with Crippen LogP contribution in [0.3, 0.4) is 0 Å². The van der Waals surface area contributed by atoms with Crippen LogP contribution in [0.25, 0.3) is 0 Å². The monoisotopic (exact) mass is 236 g/mol.